The standard InChI is InChI=1S/C15H11BrFN3/c1-20(12-4-2-11(17)3-5-12)14-6-7-18-13-8-10(16)9-19-15(13)14/h2-9H,1H3. The number of hydrogen-bond acceptors (Lipinski definition) is 3. The van der Waals surface area contributed by atoms with Crippen molar-refractivity contribution >= 4 is 38.3 Å². The van der Waals surface area contributed by atoms with Crippen LogP contribution in [0.25, 0.3) is 11.0 Å². The Balaban J connectivity index is 2.11. The van der Waals surface area contributed by atoms with E-state index < -0.39 is 0 Å². The number of anilines is 2. The summed E-state index contributed by atoms with van der Waals surface area (Å²) in [6.07, 6.45) is 3.48. The second-order valence-electron chi connectivity index (χ2n) is 4.39. The van der Waals surface area contributed by atoms with E-state index in [-0.39, 0.29) is 5.82 Å². The molecule has 0 saturated heterocycles. The molecule has 1 aromatic carbocycles. The number of nitrogens with zero attached hydrogens (tertiary/aromatic N) is 3. The van der Waals surface area contributed by atoms with Crippen molar-refractivity contribution in [3.05, 3.63) is 59.1 Å². The van der Waals surface area contributed by atoms with Crippen LogP contribution in [-0.4, -0.2) is 17.0 Å². The quantitative estimate of drug-likeness (QED) is 0.701. The van der Waals surface area contributed by atoms with Crippen molar-refractivity contribution in [2.24, 2.45) is 0 Å². The Morgan fingerprint density at radius 3 is 2.60 bits per heavy atom. The molecule has 2 heterocycles. The number of benzene rings is 1. The Hall–Kier alpha value is -2.01. The molecule has 0 atom stereocenters. The van der Waals surface area contributed by atoms with Crippen LogP contribution in [0.5, 0.6) is 0 Å². The zero-order valence-electron chi connectivity index (χ0n) is 10.7. The van der Waals surface area contributed by atoms with Gasteiger partial charge < -0.3 is 4.90 Å². The molecule has 0 aliphatic rings. The average molecular weight is 332 g/mol. The average Bonchev–Trinajstić information content (AvgIpc) is 2.46. The summed E-state index contributed by atoms with van der Waals surface area (Å²) < 4.78 is 13.9. The molecule has 0 N–H and O–H groups in total. The van der Waals surface area contributed by atoms with Crippen LogP contribution >= 0.6 is 15.9 Å². The van der Waals surface area contributed by atoms with Gasteiger partial charge in [-0.15, -0.1) is 0 Å². The molecular weight excluding hydrogens is 321 g/mol. The monoisotopic (exact) mass is 331 g/mol. The molecule has 0 aliphatic carbocycles. The lowest BCUT2D eigenvalue weighted by molar-refractivity contribution is 0.628. The van der Waals surface area contributed by atoms with Gasteiger partial charge in [-0.1, -0.05) is 0 Å². The maximum atomic E-state index is 13.0. The third kappa shape index (κ3) is 2.36. The Bertz CT molecular complexity index is 759. The SMILES string of the molecule is CN(c1ccc(F)cc1)c1ccnc2cc(Br)cnc12. The molecule has 0 unspecified atom stereocenters. The smallest absolute Gasteiger partial charge is 0.123 e. The minimum absolute atomic E-state index is 0.246. The second kappa shape index (κ2) is 5.17. The van der Waals surface area contributed by atoms with Crippen molar-refractivity contribution in [2.75, 3.05) is 11.9 Å². The molecule has 0 fully saturated rings. The van der Waals surface area contributed by atoms with Gasteiger partial charge in [0.15, 0.2) is 0 Å². The number of rotatable bonds is 2. The predicted octanol–water partition coefficient (Wildman–Crippen LogP) is 4.30. The number of aromatic nitrogens is 2. The zero-order valence-corrected chi connectivity index (χ0v) is 12.3. The topological polar surface area (TPSA) is 29.0 Å². The van der Waals surface area contributed by atoms with E-state index in [1.54, 1.807) is 24.5 Å². The maximum Gasteiger partial charge on any atom is 0.123 e. The van der Waals surface area contributed by atoms with E-state index >= 15 is 0 Å². The summed E-state index contributed by atoms with van der Waals surface area (Å²) in [5.74, 6) is -0.246. The first-order valence-electron chi connectivity index (χ1n) is 6.05. The molecule has 3 rings (SSSR count). The van der Waals surface area contributed by atoms with Crippen LogP contribution in [0.4, 0.5) is 15.8 Å². The van der Waals surface area contributed by atoms with Gasteiger partial charge in [-0.3, -0.25) is 9.97 Å². The third-order valence-corrected chi connectivity index (χ3v) is 3.53. The van der Waals surface area contributed by atoms with Crippen LogP contribution in [-0.2, 0) is 0 Å². The van der Waals surface area contributed by atoms with Gasteiger partial charge in [-0.25, -0.2) is 4.39 Å². The molecule has 0 spiro atoms. The van der Waals surface area contributed by atoms with E-state index in [2.05, 4.69) is 25.9 Å². The van der Waals surface area contributed by atoms with Gasteiger partial charge in [0.2, 0.25) is 0 Å². The molecule has 0 amide bonds. The zero-order chi connectivity index (χ0) is 14.1. The Labute approximate surface area is 124 Å². The molecule has 5 heteroatoms. The lowest BCUT2D eigenvalue weighted by Crippen LogP contribution is -2.10. The van der Waals surface area contributed by atoms with Crippen molar-refractivity contribution in [1.82, 2.24) is 9.97 Å². The number of pyridine rings is 2. The number of hydrogen-bond donors (Lipinski definition) is 0. The molecule has 0 saturated carbocycles. The number of fused-ring (bicyclic) bond motifs is 1. The molecule has 0 bridgehead atoms. The lowest BCUT2D eigenvalue weighted by atomic mass is 10.2. The molecule has 0 radical (unpaired) electrons. The van der Waals surface area contributed by atoms with Crippen LogP contribution in [0.2, 0.25) is 0 Å². The largest absolute Gasteiger partial charge is 0.343 e. The van der Waals surface area contributed by atoms with E-state index in [9.17, 15) is 4.39 Å². The Kier molecular flexibility index (Phi) is 3.36. The first-order chi connectivity index (χ1) is 9.65. The molecule has 3 aromatic rings. The molecule has 3 nitrogen and oxygen atoms in total. The highest BCUT2D eigenvalue weighted by Gasteiger charge is 2.10. The van der Waals surface area contributed by atoms with Crippen LogP contribution < -0.4 is 4.90 Å². The lowest BCUT2D eigenvalue weighted by Gasteiger charge is -2.20. The normalized spacial score (nSPS) is 10.8. The third-order valence-electron chi connectivity index (χ3n) is 3.10. The highest BCUT2D eigenvalue weighted by molar-refractivity contribution is 9.10. The summed E-state index contributed by atoms with van der Waals surface area (Å²) in [5.41, 5.74) is 3.44. The second-order valence-corrected chi connectivity index (χ2v) is 5.30. The van der Waals surface area contributed by atoms with Gasteiger partial charge in [0.1, 0.15) is 11.3 Å². The minimum atomic E-state index is -0.246. The summed E-state index contributed by atoms with van der Waals surface area (Å²) in [6, 6.07) is 10.2. The van der Waals surface area contributed by atoms with Crippen molar-refractivity contribution < 1.29 is 4.39 Å². The summed E-state index contributed by atoms with van der Waals surface area (Å²) in [7, 11) is 1.92. The fourth-order valence-electron chi connectivity index (χ4n) is 2.07. The van der Waals surface area contributed by atoms with Gasteiger partial charge in [0.25, 0.3) is 0 Å². The van der Waals surface area contributed by atoms with Crippen LogP contribution in [0.3, 0.4) is 0 Å². The van der Waals surface area contributed by atoms with Crippen LogP contribution in [0.1, 0.15) is 0 Å². The first-order valence-corrected chi connectivity index (χ1v) is 6.84. The Morgan fingerprint density at radius 2 is 1.85 bits per heavy atom. The summed E-state index contributed by atoms with van der Waals surface area (Å²) >= 11 is 3.39. The highest BCUT2D eigenvalue weighted by atomic mass is 79.9. The maximum absolute atomic E-state index is 13.0. The van der Waals surface area contributed by atoms with E-state index in [0.717, 1.165) is 26.9 Å². The predicted molar refractivity (Wildman–Crippen MR) is 81.7 cm³/mol. The Morgan fingerprint density at radius 1 is 1.10 bits per heavy atom. The van der Waals surface area contributed by atoms with Crippen LogP contribution in [0, 0.1) is 5.82 Å². The van der Waals surface area contributed by atoms with Gasteiger partial charge in [0, 0.05) is 29.6 Å². The van der Waals surface area contributed by atoms with Crippen molar-refractivity contribution in [2.45, 2.75) is 0 Å². The van der Waals surface area contributed by atoms with E-state index in [4.69, 9.17) is 0 Å². The summed E-state index contributed by atoms with van der Waals surface area (Å²) in [5, 5.41) is 0. The number of halogens is 2. The fraction of sp³-hybridized carbons (Fsp3) is 0.0667. The summed E-state index contributed by atoms with van der Waals surface area (Å²) in [6.45, 7) is 0. The minimum Gasteiger partial charge on any atom is -0.343 e. The highest BCUT2D eigenvalue weighted by Crippen LogP contribution is 2.29. The molecule has 100 valence electrons. The van der Waals surface area contributed by atoms with E-state index in [1.165, 1.54) is 12.1 Å². The van der Waals surface area contributed by atoms with Gasteiger partial charge in [-0.05, 0) is 52.3 Å². The molecule has 0 aliphatic heterocycles. The summed E-state index contributed by atoms with van der Waals surface area (Å²) in [4.78, 5) is 10.7. The van der Waals surface area contributed by atoms with Gasteiger partial charge in [-0.2, -0.15) is 0 Å². The molecular formula is C15H11BrFN3. The van der Waals surface area contributed by atoms with Crippen molar-refractivity contribution in [3.63, 3.8) is 0 Å². The van der Waals surface area contributed by atoms with Crippen molar-refractivity contribution in [3.8, 4) is 0 Å². The van der Waals surface area contributed by atoms with Gasteiger partial charge >= 0.3 is 0 Å². The van der Waals surface area contributed by atoms with E-state index in [0.29, 0.717) is 0 Å². The van der Waals surface area contributed by atoms with E-state index in [1.807, 2.05) is 24.1 Å². The fourth-order valence-corrected chi connectivity index (χ4v) is 2.39. The van der Waals surface area contributed by atoms with Gasteiger partial charge in [0.05, 0.1) is 11.2 Å². The first kappa shape index (κ1) is 13.0. The molecule has 20 heavy (non-hydrogen) atoms. The molecule has 2 aromatic heterocycles. The van der Waals surface area contributed by atoms with Crippen LogP contribution in [0.15, 0.2) is 53.3 Å². The van der Waals surface area contributed by atoms with Crippen molar-refractivity contribution in [1.29, 1.82) is 0 Å².